The lowest BCUT2D eigenvalue weighted by Crippen LogP contribution is -2.74. The van der Waals surface area contributed by atoms with Gasteiger partial charge in [0, 0.05) is 18.3 Å². The molecule has 5 fully saturated rings. The average molecular weight is 415 g/mol. The van der Waals surface area contributed by atoms with E-state index in [4.69, 9.17) is 19.2 Å². The molecule has 5 rings (SSSR count). The number of ether oxygens (including phenoxy) is 2. The minimum Gasteiger partial charge on any atom is -0.322 e. The van der Waals surface area contributed by atoms with E-state index in [0.29, 0.717) is 18.8 Å². The molecule has 1 aliphatic carbocycles. The normalized spacial score (nSPS) is 57.4. The first kappa shape index (κ1) is 17.5. The number of halogens is 4. The summed E-state index contributed by atoms with van der Waals surface area (Å²) in [6.07, 6.45) is -2.79. The lowest BCUT2D eigenvalue weighted by molar-refractivity contribution is -0.577. The van der Waals surface area contributed by atoms with Gasteiger partial charge < -0.3 is 9.47 Å². The summed E-state index contributed by atoms with van der Waals surface area (Å²) in [6.45, 7) is 5.40. The maximum atomic E-state index is 13.8. The zero-order valence-corrected chi connectivity index (χ0v) is 15.4. The van der Waals surface area contributed by atoms with Gasteiger partial charge in [0.15, 0.2) is 11.9 Å². The molecule has 4 saturated heterocycles. The molecule has 0 aromatic carbocycles. The van der Waals surface area contributed by atoms with Crippen LogP contribution in [0.2, 0.25) is 0 Å². The third-order valence-electron chi connectivity index (χ3n) is 6.63. The molecule has 8 heteroatoms. The van der Waals surface area contributed by atoms with Crippen LogP contribution in [0, 0.1) is 23.7 Å². The van der Waals surface area contributed by atoms with Crippen molar-refractivity contribution in [3.63, 3.8) is 0 Å². The Labute approximate surface area is 147 Å². The van der Waals surface area contributed by atoms with Crippen LogP contribution >= 0.6 is 15.9 Å². The molecule has 24 heavy (non-hydrogen) atoms. The molecule has 4 heterocycles. The molecular weight excluding hydrogens is 393 g/mol. The maximum absolute atomic E-state index is 13.8. The van der Waals surface area contributed by atoms with Gasteiger partial charge in [-0.1, -0.05) is 13.8 Å². The van der Waals surface area contributed by atoms with Gasteiger partial charge in [-0.3, -0.25) is 0 Å². The Kier molecular flexibility index (Phi) is 3.72. The third-order valence-corrected chi connectivity index (χ3v) is 7.99. The molecule has 0 radical (unpaired) electrons. The number of rotatable bonds is 0. The van der Waals surface area contributed by atoms with Crippen molar-refractivity contribution in [3.8, 4) is 0 Å². The number of hydrogen-bond donors (Lipinski definition) is 0. The minimum atomic E-state index is -4.55. The van der Waals surface area contributed by atoms with Crippen LogP contribution in [-0.4, -0.2) is 28.4 Å². The average Bonchev–Trinajstić information content (AvgIpc) is 2.70. The van der Waals surface area contributed by atoms with Crippen molar-refractivity contribution in [1.82, 2.24) is 0 Å². The highest BCUT2D eigenvalue weighted by Crippen LogP contribution is 2.65. The second-order valence-corrected chi connectivity index (χ2v) is 9.14. The van der Waals surface area contributed by atoms with Crippen molar-refractivity contribution < 1.29 is 32.4 Å². The van der Waals surface area contributed by atoms with Gasteiger partial charge in [0.05, 0.1) is 0 Å². The van der Waals surface area contributed by atoms with E-state index >= 15 is 0 Å². The van der Waals surface area contributed by atoms with E-state index in [1.54, 1.807) is 13.8 Å². The van der Waals surface area contributed by atoms with Gasteiger partial charge in [-0.05, 0) is 54.0 Å². The van der Waals surface area contributed by atoms with Gasteiger partial charge >= 0.3 is 6.18 Å². The van der Waals surface area contributed by atoms with Gasteiger partial charge in [-0.25, -0.2) is 9.78 Å². The van der Waals surface area contributed by atoms with E-state index in [2.05, 4.69) is 22.9 Å². The molecule has 0 aromatic heterocycles. The van der Waals surface area contributed by atoms with E-state index < -0.39 is 34.3 Å². The SMILES string of the molecule is C[C@@H]1CCC2[C@@H](C)[C@](Br)(C(F)(F)F)O[C@@H]3O[C@]4(C)CC[C@@H]1[C@@]23OO4. The molecule has 1 spiro atoms. The van der Waals surface area contributed by atoms with E-state index in [0.717, 1.165) is 12.8 Å². The highest BCUT2D eigenvalue weighted by atomic mass is 79.9. The Hall–Kier alpha value is 0.110. The van der Waals surface area contributed by atoms with Crippen molar-refractivity contribution in [1.29, 1.82) is 0 Å². The standard InChI is InChI=1S/C16H22BrF3O4/c1-8-4-5-11-9(2)15(17,16(18,19)20)22-12-14(11)10(8)6-7-13(3,21-12)23-24-14/h8-12H,4-7H2,1-3H3/t8-,9-,10+,11?,12+,13+,14-,15-/m1/s1. The van der Waals surface area contributed by atoms with Crippen LogP contribution in [0.3, 0.4) is 0 Å². The summed E-state index contributed by atoms with van der Waals surface area (Å²) >= 11 is 2.87. The molecule has 2 bridgehead atoms. The summed E-state index contributed by atoms with van der Waals surface area (Å²) in [5.41, 5.74) is -0.977. The molecule has 4 nitrogen and oxygen atoms in total. The van der Waals surface area contributed by atoms with Gasteiger partial charge in [0.1, 0.15) is 0 Å². The van der Waals surface area contributed by atoms with E-state index in [-0.39, 0.29) is 11.8 Å². The summed E-state index contributed by atoms with van der Waals surface area (Å²) in [7, 11) is 0. The van der Waals surface area contributed by atoms with Crippen molar-refractivity contribution >= 4 is 15.9 Å². The summed E-state index contributed by atoms with van der Waals surface area (Å²) < 4.78 is 50.4. The first-order chi connectivity index (χ1) is 11.0. The fourth-order valence-electron chi connectivity index (χ4n) is 5.23. The molecule has 0 amide bonds. The fraction of sp³-hybridized carbons (Fsp3) is 1.00. The molecule has 0 N–H and O–H groups in total. The highest BCUT2D eigenvalue weighted by Gasteiger charge is 2.75. The van der Waals surface area contributed by atoms with Crippen LogP contribution in [0.15, 0.2) is 0 Å². The predicted molar refractivity (Wildman–Crippen MR) is 80.8 cm³/mol. The Morgan fingerprint density at radius 2 is 1.71 bits per heavy atom. The van der Waals surface area contributed by atoms with Crippen molar-refractivity contribution in [3.05, 3.63) is 0 Å². The smallest absolute Gasteiger partial charge is 0.322 e. The second kappa shape index (κ2) is 5.09. The van der Waals surface area contributed by atoms with Crippen molar-refractivity contribution in [2.45, 2.75) is 74.8 Å². The van der Waals surface area contributed by atoms with Gasteiger partial charge in [0.25, 0.3) is 0 Å². The fourth-order valence-corrected chi connectivity index (χ4v) is 5.72. The molecule has 1 saturated carbocycles. The predicted octanol–water partition coefficient (Wildman–Crippen LogP) is 4.52. The maximum Gasteiger partial charge on any atom is 0.427 e. The molecule has 0 aromatic rings. The largest absolute Gasteiger partial charge is 0.427 e. The lowest BCUT2D eigenvalue weighted by Gasteiger charge is -2.62. The van der Waals surface area contributed by atoms with Crippen molar-refractivity contribution in [2.24, 2.45) is 23.7 Å². The number of hydrogen-bond acceptors (Lipinski definition) is 4. The second-order valence-electron chi connectivity index (χ2n) is 7.96. The monoisotopic (exact) mass is 414 g/mol. The topological polar surface area (TPSA) is 36.9 Å². The zero-order chi connectivity index (χ0) is 17.5. The Balaban J connectivity index is 1.84. The molecule has 8 atom stereocenters. The van der Waals surface area contributed by atoms with E-state index in [1.807, 2.05) is 0 Å². The number of alkyl halides is 4. The van der Waals surface area contributed by atoms with Crippen LogP contribution in [0.4, 0.5) is 13.2 Å². The molecule has 4 aliphatic heterocycles. The quantitative estimate of drug-likeness (QED) is 0.431. The highest BCUT2D eigenvalue weighted by molar-refractivity contribution is 9.10. The molecule has 1 unspecified atom stereocenters. The van der Waals surface area contributed by atoms with Gasteiger partial charge in [-0.2, -0.15) is 13.2 Å². The lowest BCUT2D eigenvalue weighted by atomic mass is 9.57. The summed E-state index contributed by atoms with van der Waals surface area (Å²) in [5.74, 6) is -1.88. The van der Waals surface area contributed by atoms with E-state index in [9.17, 15) is 13.2 Å². The molecule has 138 valence electrons. The number of fused-ring (bicyclic) bond motifs is 2. The van der Waals surface area contributed by atoms with Crippen LogP contribution in [0.5, 0.6) is 0 Å². The Morgan fingerprint density at radius 3 is 2.38 bits per heavy atom. The van der Waals surface area contributed by atoms with Crippen LogP contribution in [0.1, 0.15) is 46.5 Å². The Morgan fingerprint density at radius 1 is 1.00 bits per heavy atom. The first-order valence-corrected chi connectivity index (χ1v) is 9.31. The van der Waals surface area contributed by atoms with E-state index in [1.165, 1.54) is 0 Å². The van der Waals surface area contributed by atoms with Gasteiger partial charge in [0.2, 0.25) is 10.3 Å². The summed E-state index contributed by atoms with van der Waals surface area (Å²) in [5, 5.41) is 0. The van der Waals surface area contributed by atoms with Crippen LogP contribution in [0.25, 0.3) is 0 Å². The first-order valence-electron chi connectivity index (χ1n) is 8.51. The summed E-state index contributed by atoms with van der Waals surface area (Å²) in [4.78, 5) is 11.4. The van der Waals surface area contributed by atoms with Crippen molar-refractivity contribution in [2.75, 3.05) is 0 Å². The van der Waals surface area contributed by atoms with Gasteiger partial charge in [-0.15, -0.1) is 0 Å². The minimum absolute atomic E-state index is 0.0540. The summed E-state index contributed by atoms with van der Waals surface area (Å²) in [6, 6.07) is 0. The third kappa shape index (κ3) is 2.06. The Bertz CT molecular complexity index is 546. The molecule has 5 aliphatic rings. The molecular formula is C16H22BrF3O4. The van der Waals surface area contributed by atoms with Crippen LogP contribution in [-0.2, 0) is 19.2 Å². The zero-order valence-electron chi connectivity index (χ0n) is 13.9. The van der Waals surface area contributed by atoms with Crippen LogP contribution < -0.4 is 0 Å².